The van der Waals surface area contributed by atoms with Crippen molar-refractivity contribution in [2.24, 2.45) is 11.1 Å². The van der Waals surface area contributed by atoms with Crippen LogP contribution in [0.4, 0.5) is 0 Å². The van der Waals surface area contributed by atoms with Gasteiger partial charge >= 0.3 is 0 Å². The monoisotopic (exact) mass is 227 g/mol. The van der Waals surface area contributed by atoms with Gasteiger partial charge in [0.1, 0.15) is 0 Å². The zero-order chi connectivity index (χ0) is 12.2. The number of nitrogens with one attached hydrogen (secondary N) is 1. The third-order valence-electron chi connectivity index (χ3n) is 3.03. The van der Waals surface area contributed by atoms with Gasteiger partial charge in [-0.2, -0.15) is 0 Å². The van der Waals surface area contributed by atoms with E-state index in [1.807, 2.05) is 20.8 Å². The lowest BCUT2D eigenvalue weighted by Gasteiger charge is -2.30. The van der Waals surface area contributed by atoms with E-state index in [2.05, 4.69) is 10.2 Å². The lowest BCUT2D eigenvalue weighted by molar-refractivity contribution is -0.128. The maximum Gasteiger partial charge on any atom is 0.225 e. The Kier molecular flexibility index (Phi) is 4.74. The van der Waals surface area contributed by atoms with Crippen molar-refractivity contribution in [2.45, 2.75) is 39.7 Å². The van der Waals surface area contributed by atoms with Gasteiger partial charge in [-0.15, -0.1) is 0 Å². The smallest absolute Gasteiger partial charge is 0.225 e. The van der Waals surface area contributed by atoms with Gasteiger partial charge < -0.3 is 16.0 Å². The predicted octanol–water partition coefficient (Wildman–Crippen LogP) is 0.572. The third kappa shape index (κ3) is 4.49. The molecule has 3 N–H and O–H groups in total. The van der Waals surface area contributed by atoms with Crippen LogP contribution in [0.2, 0.25) is 0 Å². The molecule has 0 aromatic rings. The number of likely N-dealkylation sites (tertiary alicyclic amines) is 1. The summed E-state index contributed by atoms with van der Waals surface area (Å²) in [7, 11) is 0. The van der Waals surface area contributed by atoms with E-state index in [9.17, 15) is 4.79 Å². The Morgan fingerprint density at radius 3 is 2.44 bits per heavy atom. The van der Waals surface area contributed by atoms with Crippen LogP contribution in [0, 0.1) is 5.41 Å². The van der Waals surface area contributed by atoms with Gasteiger partial charge in [0.15, 0.2) is 0 Å². The topological polar surface area (TPSA) is 58.4 Å². The average molecular weight is 227 g/mol. The zero-order valence-corrected chi connectivity index (χ0v) is 10.8. The molecule has 1 saturated heterocycles. The normalized spacial score (nSPS) is 19.8. The van der Waals surface area contributed by atoms with Crippen LogP contribution in [-0.4, -0.2) is 43.0 Å². The second-order valence-electron chi connectivity index (χ2n) is 5.68. The van der Waals surface area contributed by atoms with Crippen molar-refractivity contribution in [3.8, 4) is 0 Å². The molecule has 0 bridgehead atoms. The lowest BCUT2D eigenvalue weighted by Crippen LogP contribution is -2.44. The molecule has 4 nitrogen and oxygen atoms in total. The molecule has 1 amide bonds. The second-order valence-corrected chi connectivity index (χ2v) is 5.68. The van der Waals surface area contributed by atoms with Gasteiger partial charge in [-0.25, -0.2) is 0 Å². The summed E-state index contributed by atoms with van der Waals surface area (Å²) in [4.78, 5) is 14.0. The minimum Gasteiger partial charge on any atom is -0.354 e. The molecular formula is C12H25N3O. The molecule has 0 radical (unpaired) electrons. The van der Waals surface area contributed by atoms with Crippen molar-refractivity contribution >= 4 is 5.91 Å². The largest absolute Gasteiger partial charge is 0.354 e. The Hall–Kier alpha value is -0.610. The van der Waals surface area contributed by atoms with Gasteiger partial charge in [0, 0.05) is 24.5 Å². The third-order valence-corrected chi connectivity index (χ3v) is 3.03. The fourth-order valence-electron chi connectivity index (χ4n) is 1.77. The fraction of sp³-hybridized carbons (Fsp3) is 0.917. The first kappa shape index (κ1) is 13.5. The van der Waals surface area contributed by atoms with E-state index < -0.39 is 0 Å². The number of hydrogen-bond donors (Lipinski definition) is 2. The van der Waals surface area contributed by atoms with Crippen molar-refractivity contribution < 1.29 is 4.79 Å². The summed E-state index contributed by atoms with van der Waals surface area (Å²) in [5, 5.41) is 2.97. The van der Waals surface area contributed by atoms with Gasteiger partial charge in [-0.1, -0.05) is 20.8 Å². The Morgan fingerprint density at radius 1 is 1.38 bits per heavy atom. The van der Waals surface area contributed by atoms with E-state index in [0.717, 1.165) is 39.0 Å². The van der Waals surface area contributed by atoms with Gasteiger partial charge in [0.25, 0.3) is 0 Å². The highest BCUT2D eigenvalue weighted by Gasteiger charge is 2.21. The van der Waals surface area contributed by atoms with Crippen LogP contribution in [0.25, 0.3) is 0 Å². The van der Waals surface area contributed by atoms with Crippen LogP contribution in [-0.2, 0) is 4.79 Å². The highest BCUT2D eigenvalue weighted by atomic mass is 16.2. The molecule has 94 valence electrons. The molecule has 0 saturated carbocycles. The molecule has 0 spiro atoms. The average Bonchev–Trinajstić information content (AvgIpc) is 2.19. The van der Waals surface area contributed by atoms with Crippen LogP contribution in [0.15, 0.2) is 0 Å². The molecule has 4 heteroatoms. The first-order valence-corrected chi connectivity index (χ1v) is 6.16. The van der Waals surface area contributed by atoms with Crippen LogP contribution >= 0.6 is 0 Å². The molecule has 1 heterocycles. The number of carbonyl (C=O) groups excluding carboxylic acids is 1. The maximum absolute atomic E-state index is 11.6. The first-order valence-electron chi connectivity index (χ1n) is 6.16. The number of nitrogens with zero attached hydrogens (tertiary/aromatic N) is 1. The molecular weight excluding hydrogens is 202 g/mol. The van der Waals surface area contributed by atoms with Gasteiger partial charge in [-0.3, -0.25) is 4.79 Å². The predicted molar refractivity (Wildman–Crippen MR) is 66.1 cm³/mol. The standard InChI is InChI=1S/C12H25N3O/c1-12(2,3)11(16)14-6-9-15-7-4-10(13)5-8-15/h10H,4-9,13H2,1-3H3,(H,14,16). The Morgan fingerprint density at radius 2 is 1.94 bits per heavy atom. The summed E-state index contributed by atoms with van der Waals surface area (Å²) < 4.78 is 0. The zero-order valence-electron chi connectivity index (χ0n) is 10.8. The number of carbonyl (C=O) groups is 1. The van der Waals surface area contributed by atoms with Gasteiger partial charge in [0.05, 0.1) is 0 Å². The molecule has 1 aliphatic heterocycles. The summed E-state index contributed by atoms with van der Waals surface area (Å²) in [6.45, 7) is 9.60. The molecule has 1 fully saturated rings. The van der Waals surface area contributed by atoms with Crippen molar-refractivity contribution in [1.29, 1.82) is 0 Å². The molecule has 16 heavy (non-hydrogen) atoms. The van der Waals surface area contributed by atoms with Crippen LogP contribution in [0.3, 0.4) is 0 Å². The van der Waals surface area contributed by atoms with E-state index >= 15 is 0 Å². The fourth-order valence-corrected chi connectivity index (χ4v) is 1.77. The van der Waals surface area contributed by atoms with E-state index in [-0.39, 0.29) is 11.3 Å². The van der Waals surface area contributed by atoms with Crippen LogP contribution < -0.4 is 11.1 Å². The Labute approximate surface area is 98.6 Å². The SMILES string of the molecule is CC(C)(C)C(=O)NCCN1CCC(N)CC1. The van der Waals surface area contributed by atoms with Crippen molar-refractivity contribution in [3.05, 3.63) is 0 Å². The summed E-state index contributed by atoms with van der Waals surface area (Å²) in [6, 6.07) is 0.375. The second kappa shape index (κ2) is 5.64. The van der Waals surface area contributed by atoms with E-state index in [4.69, 9.17) is 5.73 Å². The molecule has 0 aromatic heterocycles. The van der Waals surface area contributed by atoms with Crippen molar-refractivity contribution in [3.63, 3.8) is 0 Å². The van der Waals surface area contributed by atoms with E-state index in [1.165, 1.54) is 0 Å². The molecule has 0 aromatic carbocycles. The molecule has 0 aliphatic carbocycles. The molecule has 1 rings (SSSR count). The Balaban J connectivity index is 2.14. The highest BCUT2D eigenvalue weighted by Crippen LogP contribution is 2.12. The molecule has 0 unspecified atom stereocenters. The van der Waals surface area contributed by atoms with Crippen molar-refractivity contribution in [1.82, 2.24) is 10.2 Å². The quantitative estimate of drug-likeness (QED) is 0.741. The minimum absolute atomic E-state index is 0.126. The van der Waals surface area contributed by atoms with Gasteiger partial charge in [0.2, 0.25) is 5.91 Å². The lowest BCUT2D eigenvalue weighted by atomic mass is 9.96. The Bertz CT molecular complexity index is 227. The molecule has 1 aliphatic rings. The number of hydrogen-bond acceptors (Lipinski definition) is 3. The summed E-state index contributed by atoms with van der Waals surface area (Å²) in [5.74, 6) is 0.126. The van der Waals surface area contributed by atoms with Crippen LogP contribution in [0.1, 0.15) is 33.6 Å². The number of piperidine rings is 1. The molecule has 0 atom stereocenters. The van der Waals surface area contributed by atoms with Crippen molar-refractivity contribution in [2.75, 3.05) is 26.2 Å². The summed E-state index contributed by atoms with van der Waals surface area (Å²) in [5.41, 5.74) is 5.55. The summed E-state index contributed by atoms with van der Waals surface area (Å²) >= 11 is 0. The van der Waals surface area contributed by atoms with E-state index in [1.54, 1.807) is 0 Å². The van der Waals surface area contributed by atoms with Gasteiger partial charge in [-0.05, 0) is 25.9 Å². The first-order chi connectivity index (χ1) is 7.39. The number of rotatable bonds is 3. The summed E-state index contributed by atoms with van der Waals surface area (Å²) in [6.07, 6.45) is 2.15. The minimum atomic E-state index is -0.287. The maximum atomic E-state index is 11.6. The number of nitrogens with two attached hydrogens (primary N) is 1. The van der Waals surface area contributed by atoms with E-state index in [0.29, 0.717) is 6.04 Å². The number of amides is 1. The van der Waals surface area contributed by atoms with Crippen LogP contribution in [0.5, 0.6) is 0 Å². The highest BCUT2D eigenvalue weighted by molar-refractivity contribution is 5.81.